The molecule has 1 aromatic rings. The maximum absolute atomic E-state index is 13.5. The molecule has 1 fully saturated rings. The molecule has 0 aliphatic carbocycles. The van der Waals surface area contributed by atoms with Crippen LogP contribution in [0.4, 0.5) is 14.5 Å². The van der Waals surface area contributed by atoms with Gasteiger partial charge >= 0.3 is 0 Å². The van der Waals surface area contributed by atoms with E-state index in [0.29, 0.717) is 17.7 Å². The summed E-state index contributed by atoms with van der Waals surface area (Å²) in [6.07, 6.45) is 0.372. The number of piperidine rings is 1. The average molecular weight is 348 g/mol. The summed E-state index contributed by atoms with van der Waals surface area (Å²) in [5.41, 5.74) is 1.18. The average Bonchev–Trinajstić information content (AvgIpc) is 2.43. The summed E-state index contributed by atoms with van der Waals surface area (Å²) >= 11 is 0. The van der Waals surface area contributed by atoms with Gasteiger partial charge in [0.15, 0.2) is 0 Å². The number of rotatable bonds is 6. The van der Waals surface area contributed by atoms with Crippen molar-refractivity contribution in [3.8, 4) is 0 Å². The summed E-state index contributed by atoms with van der Waals surface area (Å²) in [6, 6.07) is 6.06. The number of carbonyl (C=O) groups is 2. The van der Waals surface area contributed by atoms with Gasteiger partial charge in [-0.1, -0.05) is 12.1 Å². The van der Waals surface area contributed by atoms with Crippen LogP contribution in [0.1, 0.15) is 18.4 Å². The molecule has 5 nitrogen and oxygen atoms in total. The Balaban J connectivity index is 0.00000264. The molecule has 1 unspecified atom stereocenters. The van der Waals surface area contributed by atoms with Crippen molar-refractivity contribution in [2.75, 3.05) is 18.9 Å². The monoisotopic (exact) mass is 347 g/mol. The van der Waals surface area contributed by atoms with Crippen molar-refractivity contribution in [1.29, 1.82) is 0 Å². The molecule has 1 heterocycles. The minimum absolute atomic E-state index is 0. The van der Waals surface area contributed by atoms with Gasteiger partial charge < -0.3 is 10.6 Å². The van der Waals surface area contributed by atoms with Gasteiger partial charge in [0.25, 0.3) is 5.92 Å². The largest absolute Gasteiger partial charge is 0.374 e. The summed E-state index contributed by atoms with van der Waals surface area (Å²) in [4.78, 5) is 22.7. The van der Waals surface area contributed by atoms with Crippen molar-refractivity contribution in [1.82, 2.24) is 10.6 Å². The molecule has 1 saturated heterocycles. The molecule has 0 saturated carbocycles. The number of hydrogen-bond donors (Lipinski definition) is 3. The smallest absolute Gasteiger partial charge is 0.264 e. The van der Waals surface area contributed by atoms with Crippen LogP contribution in [-0.2, 0) is 16.0 Å². The molecule has 0 spiro atoms. The van der Waals surface area contributed by atoms with Gasteiger partial charge in [0.1, 0.15) is 6.04 Å². The van der Waals surface area contributed by atoms with E-state index in [9.17, 15) is 18.4 Å². The fraction of sp³-hybridized carbons (Fsp3) is 0.467. The van der Waals surface area contributed by atoms with Crippen molar-refractivity contribution in [2.45, 2.75) is 31.2 Å². The first-order chi connectivity index (χ1) is 10.4. The van der Waals surface area contributed by atoms with Crippen molar-refractivity contribution in [3.05, 3.63) is 29.8 Å². The topological polar surface area (TPSA) is 70.2 Å². The molecule has 1 aromatic carbocycles. The molecule has 128 valence electrons. The summed E-state index contributed by atoms with van der Waals surface area (Å²) in [5, 5.41) is 7.73. The van der Waals surface area contributed by atoms with Crippen LogP contribution in [0, 0.1) is 0 Å². The number of alkyl halides is 2. The van der Waals surface area contributed by atoms with Crippen LogP contribution in [0.2, 0.25) is 0 Å². The third-order valence-corrected chi connectivity index (χ3v) is 3.43. The molecular formula is C15H20ClF2N3O2. The third-order valence-electron chi connectivity index (χ3n) is 3.43. The summed E-state index contributed by atoms with van der Waals surface area (Å²) in [5.74, 6) is -3.43. The standard InChI is InChI=1S/C15H19F2N3O2.ClH/c1-18-9-15(16,17)8-10-2-4-11(5-3-10)19-12-6-7-13(21)20-14(12)22;/h2-5,12,18-19H,6-9H2,1H3,(H,20,21,22);1H. The van der Waals surface area contributed by atoms with E-state index in [1.165, 1.54) is 7.05 Å². The Morgan fingerprint density at radius 2 is 1.91 bits per heavy atom. The van der Waals surface area contributed by atoms with Gasteiger partial charge in [-0.3, -0.25) is 14.9 Å². The molecule has 2 rings (SSSR count). The van der Waals surface area contributed by atoms with Crippen molar-refractivity contribution in [3.63, 3.8) is 0 Å². The fourth-order valence-corrected chi connectivity index (χ4v) is 2.37. The highest BCUT2D eigenvalue weighted by molar-refractivity contribution is 6.01. The van der Waals surface area contributed by atoms with E-state index in [0.717, 1.165) is 0 Å². The predicted octanol–water partition coefficient (Wildman–Crippen LogP) is 1.72. The Hall–Kier alpha value is -1.73. The van der Waals surface area contributed by atoms with Crippen LogP contribution in [-0.4, -0.2) is 37.4 Å². The zero-order valence-electron chi connectivity index (χ0n) is 12.7. The number of amides is 2. The minimum atomic E-state index is -2.80. The van der Waals surface area contributed by atoms with E-state index in [4.69, 9.17) is 0 Å². The fourth-order valence-electron chi connectivity index (χ4n) is 2.37. The van der Waals surface area contributed by atoms with E-state index in [2.05, 4.69) is 16.0 Å². The molecule has 1 atom stereocenters. The van der Waals surface area contributed by atoms with E-state index in [1.54, 1.807) is 24.3 Å². The summed E-state index contributed by atoms with van der Waals surface area (Å²) in [7, 11) is 1.49. The lowest BCUT2D eigenvalue weighted by Gasteiger charge is -2.23. The maximum Gasteiger partial charge on any atom is 0.264 e. The first-order valence-corrected chi connectivity index (χ1v) is 7.11. The van der Waals surface area contributed by atoms with Gasteiger partial charge in [0.2, 0.25) is 11.8 Å². The molecule has 0 bridgehead atoms. The molecule has 1 aliphatic heterocycles. The Morgan fingerprint density at radius 1 is 1.26 bits per heavy atom. The van der Waals surface area contributed by atoms with Crippen molar-refractivity contribution in [2.24, 2.45) is 0 Å². The van der Waals surface area contributed by atoms with Crippen LogP contribution >= 0.6 is 12.4 Å². The number of imide groups is 1. The summed E-state index contributed by atoms with van der Waals surface area (Å²) in [6.45, 7) is -0.372. The number of anilines is 1. The van der Waals surface area contributed by atoms with Crippen molar-refractivity contribution < 1.29 is 18.4 Å². The number of nitrogens with one attached hydrogen (secondary N) is 3. The van der Waals surface area contributed by atoms with Gasteiger partial charge in [-0.15, -0.1) is 12.4 Å². The molecule has 23 heavy (non-hydrogen) atoms. The maximum atomic E-state index is 13.5. The Morgan fingerprint density at radius 3 is 2.48 bits per heavy atom. The van der Waals surface area contributed by atoms with Crippen LogP contribution in [0.5, 0.6) is 0 Å². The van der Waals surface area contributed by atoms with Gasteiger partial charge in [-0.05, 0) is 31.2 Å². The van der Waals surface area contributed by atoms with Crippen LogP contribution in [0.15, 0.2) is 24.3 Å². The Bertz CT molecular complexity index is 552. The molecule has 0 radical (unpaired) electrons. The van der Waals surface area contributed by atoms with E-state index in [1.807, 2.05) is 0 Å². The third kappa shape index (κ3) is 5.76. The zero-order valence-corrected chi connectivity index (χ0v) is 13.5. The highest BCUT2D eigenvalue weighted by Crippen LogP contribution is 2.21. The van der Waals surface area contributed by atoms with E-state index >= 15 is 0 Å². The minimum Gasteiger partial charge on any atom is -0.374 e. The number of benzene rings is 1. The lowest BCUT2D eigenvalue weighted by atomic mass is 10.0. The SMILES string of the molecule is CNCC(F)(F)Cc1ccc(NC2CCC(=O)NC2=O)cc1.Cl. The molecule has 1 aliphatic rings. The predicted molar refractivity (Wildman–Crippen MR) is 86.1 cm³/mol. The van der Waals surface area contributed by atoms with Crippen LogP contribution in [0.3, 0.4) is 0 Å². The first-order valence-electron chi connectivity index (χ1n) is 7.11. The Labute approximate surface area is 139 Å². The molecular weight excluding hydrogens is 328 g/mol. The second-order valence-electron chi connectivity index (χ2n) is 5.41. The normalized spacial score (nSPS) is 18.1. The second-order valence-corrected chi connectivity index (χ2v) is 5.41. The quantitative estimate of drug-likeness (QED) is 0.685. The van der Waals surface area contributed by atoms with Gasteiger partial charge in [-0.2, -0.15) is 0 Å². The van der Waals surface area contributed by atoms with E-state index in [-0.39, 0.29) is 43.6 Å². The zero-order chi connectivity index (χ0) is 16.2. The highest BCUT2D eigenvalue weighted by Gasteiger charge is 2.28. The van der Waals surface area contributed by atoms with Gasteiger partial charge in [0, 0.05) is 18.5 Å². The lowest BCUT2D eigenvalue weighted by molar-refractivity contribution is -0.133. The molecule has 3 N–H and O–H groups in total. The number of hydrogen-bond acceptors (Lipinski definition) is 4. The second kappa shape index (κ2) is 8.21. The van der Waals surface area contributed by atoms with Crippen LogP contribution < -0.4 is 16.0 Å². The van der Waals surface area contributed by atoms with E-state index < -0.39 is 12.0 Å². The van der Waals surface area contributed by atoms with Gasteiger partial charge in [-0.25, -0.2) is 8.78 Å². The summed E-state index contributed by atoms with van der Waals surface area (Å²) < 4.78 is 27.0. The lowest BCUT2D eigenvalue weighted by Crippen LogP contribution is -2.47. The van der Waals surface area contributed by atoms with Crippen molar-refractivity contribution >= 4 is 29.9 Å². The molecule has 0 aromatic heterocycles. The molecule has 8 heteroatoms. The first kappa shape index (κ1) is 19.3. The van der Waals surface area contributed by atoms with Crippen LogP contribution in [0.25, 0.3) is 0 Å². The Kier molecular flexibility index (Phi) is 6.90. The number of halogens is 3. The molecule has 2 amide bonds. The number of carbonyl (C=O) groups excluding carboxylic acids is 2. The highest BCUT2D eigenvalue weighted by atomic mass is 35.5. The van der Waals surface area contributed by atoms with Gasteiger partial charge in [0.05, 0.1) is 6.54 Å².